The predicted molar refractivity (Wildman–Crippen MR) is 113 cm³/mol. The Morgan fingerprint density at radius 2 is 1.79 bits per heavy atom. The number of halogens is 3. The fraction of sp³-hybridized carbons (Fsp3) is 0.105. The molecule has 0 aliphatic heterocycles. The van der Waals surface area contributed by atoms with Crippen molar-refractivity contribution in [1.29, 1.82) is 0 Å². The fourth-order valence-electron chi connectivity index (χ4n) is 2.42. The van der Waals surface area contributed by atoms with Crippen molar-refractivity contribution in [3.05, 3.63) is 80.1 Å². The van der Waals surface area contributed by atoms with Crippen molar-refractivity contribution in [2.75, 3.05) is 10.6 Å². The Morgan fingerprint density at radius 3 is 2.46 bits per heavy atom. The number of nitrogens with one attached hydrogen (secondary N) is 2. The molecule has 1 aromatic heterocycles. The molecule has 0 fully saturated rings. The lowest BCUT2D eigenvalue weighted by atomic mass is 10.2. The molecule has 0 aliphatic rings. The van der Waals surface area contributed by atoms with E-state index in [0.29, 0.717) is 22.1 Å². The first-order chi connectivity index (χ1) is 13.4. The van der Waals surface area contributed by atoms with Gasteiger partial charge in [-0.25, -0.2) is 0 Å². The quantitative estimate of drug-likeness (QED) is 0.610. The topological polar surface area (TPSA) is 76.0 Å². The number of benzene rings is 2. The number of anilines is 2. The Bertz CT molecular complexity index is 1070. The van der Waals surface area contributed by atoms with Crippen LogP contribution in [0.2, 0.25) is 15.1 Å². The molecular weight excluding hydrogens is 423 g/mol. The van der Waals surface area contributed by atoms with Crippen LogP contribution in [0.1, 0.15) is 6.92 Å². The molecule has 1 atom stereocenters. The number of carbonyl (C=O) groups excluding carboxylic acids is 1. The van der Waals surface area contributed by atoms with Gasteiger partial charge < -0.3 is 10.6 Å². The summed E-state index contributed by atoms with van der Waals surface area (Å²) < 4.78 is 1.09. The van der Waals surface area contributed by atoms with E-state index in [0.717, 1.165) is 4.68 Å². The lowest BCUT2D eigenvalue weighted by Gasteiger charge is -2.17. The maximum Gasteiger partial charge on any atom is 0.291 e. The third-order valence-corrected chi connectivity index (χ3v) is 4.94. The standard InChI is InChI=1S/C19H15Cl3N4O2/c1-11(18(27)25-12-5-3-2-4-6-12)24-16-8-7-13(9-14(16)20)26-19(28)17(22)15(21)10-23-26/h2-11,24H,1H3,(H,25,27). The van der Waals surface area contributed by atoms with Crippen LogP contribution in [-0.4, -0.2) is 21.7 Å². The molecule has 1 heterocycles. The Hall–Kier alpha value is -2.54. The van der Waals surface area contributed by atoms with E-state index in [1.165, 1.54) is 6.20 Å². The number of amides is 1. The van der Waals surface area contributed by atoms with Crippen LogP contribution in [0.4, 0.5) is 11.4 Å². The van der Waals surface area contributed by atoms with Crippen LogP contribution in [-0.2, 0) is 4.79 Å². The number of para-hydroxylation sites is 1. The highest BCUT2D eigenvalue weighted by molar-refractivity contribution is 6.41. The molecule has 0 saturated carbocycles. The van der Waals surface area contributed by atoms with Crippen LogP contribution in [0.15, 0.2) is 59.5 Å². The van der Waals surface area contributed by atoms with Gasteiger partial charge in [0.25, 0.3) is 5.56 Å². The average Bonchev–Trinajstić information content (AvgIpc) is 2.68. The number of rotatable bonds is 5. The lowest BCUT2D eigenvalue weighted by Crippen LogP contribution is -2.32. The Balaban J connectivity index is 1.77. The molecule has 0 saturated heterocycles. The third kappa shape index (κ3) is 4.47. The smallest absolute Gasteiger partial charge is 0.291 e. The maximum absolute atomic E-state index is 12.3. The molecule has 6 nitrogen and oxygen atoms in total. The molecular formula is C19H15Cl3N4O2. The maximum atomic E-state index is 12.3. The van der Waals surface area contributed by atoms with Gasteiger partial charge in [-0.1, -0.05) is 53.0 Å². The molecule has 3 rings (SSSR count). The van der Waals surface area contributed by atoms with Crippen LogP contribution in [0, 0.1) is 0 Å². The monoisotopic (exact) mass is 436 g/mol. The van der Waals surface area contributed by atoms with Gasteiger partial charge in [0, 0.05) is 5.69 Å². The summed E-state index contributed by atoms with van der Waals surface area (Å²) in [6, 6.07) is 13.4. The van der Waals surface area contributed by atoms with Crippen LogP contribution in [0.3, 0.4) is 0 Å². The lowest BCUT2D eigenvalue weighted by molar-refractivity contribution is -0.116. The summed E-state index contributed by atoms with van der Waals surface area (Å²) in [5.41, 5.74) is 1.10. The van der Waals surface area contributed by atoms with E-state index in [2.05, 4.69) is 15.7 Å². The number of hydrogen-bond donors (Lipinski definition) is 2. The van der Waals surface area contributed by atoms with Crippen molar-refractivity contribution < 1.29 is 4.79 Å². The second kappa shape index (κ2) is 8.65. The largest absolute Gasteiger partial charge is 0.373 e. The molecule has 28 heavy (non-hydrogen) atoms. The van der Waals surface area contributed by atoms with E-state index < -0.39 is 11.6 Å². The molecule has 2 N–H and O–H groups in total. The van der Waals surface area contributed by atoms with E-state index in [1.54, 1.807) is 37.3 Å². The minimum Gasteiger partial charge on any atom is -0.373 e. The van der Waals surface area contributed by atoms with Gasteiger partial charge in [-0.2, -0.15) is 9.78 Å². The summed E-state index contributed by atoms with van der Waals surface area (Å²) in [6.45, 7) is 1.72. The average molecular weight is 438 g/mol. The Labute approximate surface area is 176 Å². The molecule has 0 spiro atoms. The van der Waals surface area contributed by atoms with Crippen molar-refractivity contribution in [3.8, 4) is 5.69 Å². The molecule has 9 heteroatoms. The Morgan fingerprint density at radius 1 is 1.07 bits per heavy atom. The molecule has 2 aromatic carbocycles. The minimum atomic E-state index is -0.554. The van der Waals surface area contributed by atoms with Crippen molar-refractivity contribution in [2.24, 2.45) is 0 Å². The number of nitrogens with zero attached hydrogens (tertiary/aromatic N) is 2. The molecule has 1 amide bonds. The summed E-state index contributed by atoms with van der Waals surface area (Å²) in [4.78, 5) is 24.5. The third-order valence-electron chi connectivity index (χ3n) is 3.88. The molecule has 1 unspecified atom stereocenters. The zero-order valence-corrected chi connectivity index (χ0v) is 16.9. The predicted octanol–water partition coefficient (Wildman–Crippen LogP) is 4.63. The van der Waals surface area contributed by atoms with Crippen molar-refractivity contribution in [1.82, 2.24) is 9.78 Å². The molecule has 0 aliphatic carbocycles. The first kappa shape index (κ1) is 20.2. The van der Waals surface area contributed by atoms with Gasteiger partial charge in [-0.05, 0) is 37.3 Å². The molecule has 0 bridgehead atoms. The van der Waals surface area contributed by atoms with Gasteiger partial charge in [0.2, 0.25) is 5.91 Å². The normalized spacial score (nSPS) is 11.7. The minimum absolute atomic E-state index is 0.0746. The zero-order chi connectivity index (χ0) is 20.3. The summed E-state index contributed by atoms with van der Waals surface area (Å²) >= 11 is 18.0. The van der Waals surface area contributed by atoms with Gasteiger partial charge >= 0.3 is 0 Å². The van der Waals surface area contributed by atoms with E-state index in [4.69, 9.17) is 34.8 Å². The number of hydrogen-bond acceptors (Lipinski definition) is 4. The second-order valence-electron chi connectivity index (χ2n) is 5.91. The summed E-state index contributed by atoms with van der Waals surface area (Å²) in [6.07, 6.45) is 1.28. The SMILES string of the molecule is CC(Nc1ccc(-n2ncc(Cl)c(Cl)c2=O)cc1Cl)C(=O)Nc1ccccc1. The number of carbonyl (C=O) groups is 1. The highest BCUT2D eigenvalue weighted by atomic mass is 35.5. The second-order valence-corrected chi connectivity index (χ2v) is 7.10. The molecule has 0 radical (unpaired) electrons. The summed E-state index contributed by atoms with van der Waals surface area (Å²) in [5.74, 6) is -0.214. The molecule has 144 valence electrons. The van der Waals surface area contributed by atoms with Crippen molar-refractivity contribution in [3.63, 3.8) is 0 Å². The van der Waals surface area contributed by atoms with Gasteiger partial charge in [-0.3, -0.25) is 9.59 Å². The van der Waals surface area contributed by atoms with Crippen LogP contribution < -0.4 is 16.2 Å². The highest BCUT2D eigenvalue weighted by Gasteiger charge is 2.15. The van der Waals surface area contributed by atoms with E-state index >= 15 is 0 Å². The van der Waals surface area contributed by atoms with E-state index in [-0.39, 0.29) is 16.0 Å². The highest BCUT2D eigenvalue weighted by Crippen LogP contribution is 2.25. The number of aromatic nitrogens is 2. The zero-order valence-electron chi connectivity index (χ0n) is 14.6. The summed E-state index contributed by atoms with van der Waals surface area (Å²) in [5, 5.41) is 10.1. The van der Waals surface area contributed by atoms with Gasteiger partial charge in [0.05, 0.1) is 27.6 Å². The van der Waals surface area contributed by atoms with Gasteiger partial charge in [-0.15, -0.1) is 0 Å². The first-order valence-electron chi connectivity index (χ1n) is 8.22. The van der Waals surface area contributed by atoms with Crippen LogP contribution in [0.5, 0.6) is 0 Å². The Kier molecular flexibility index (Phi) is 6.24. The first-order valence-corrected chi connectivity index (χ1v) is 9.36. The molecule has 3 aromatic rings. The van der Waals surface area contributed by atoms with Crippen LogP contribution >= 0.6 is 34.8 Å². The van der Waals surface area contributed by atoms with Crippen molar-refractivity contribution >= 4 is 52.1 Å². The van der Waals surface area contributed by atoms with Gasteiger partial charge in [0.1, 0.15) is 11.1 Å². The van der Waals surface area contributed by atoms with Crippen LogP contribution in [0.25, 0.3) is 5.69 Å². The van der Waals surface area contributed by atoms with E-state index in [9.17, 15) is 9.59 Å². The van der Waals surface area contributed by atoms with E-state index in [1.807, 2.05) is 18.2 Å². The van der Waals surface area contributed by atoms with Crippen molar-refractivity contribution in [2.45, 2.75) is 13.0 Å². The van der Waals surface area contributed by atoms with Gasteiger partial charge in [0.15, 0.2) is 0 Å². The fourth-order valence-corrected chi connectivity index (χ4v) is 2.90. The summed E-state index contributed by atoms with van der Waals surface area (Å²) in [7, 11) is 0.